The third-order valence-electron chi connectivity index (χ3n) is 2.20. The number of ether oxygens (including phenoxy) is 1. The molecule has 0 bridgehead atoms. The average molecular weight is 242 g/mol. The smallest absolute Gasteiger partial charge is 0.330 e. The lowest BCUT2D eigenvalue weighted by atomic mass is 10.2. The lowest BCUT2D eigenvalue weighted by Gasteiger charge is -1.89. The summed E-state index contributed by atoms with van der Waals surface area (Å²) in [5.41, 5.74) is 0.788. The maximum absolute atomic E-state index is 10.2. The average Bonchev–Trinajstić information content (AvgIpc) is 3.09. The molecule has 5 heteroatoms. The van der Waals surface area contributed by atoms with Gasteiger partial charge in [-0.3, -0.25) is 0 Å². The van der Waals surface area contributed by atoms with Crippen molar-refractivity contribution in [2.75, 3.05) is 6.61 Å². The Morgan fingerprint density at radius 3 is 1.94 bits per heavy atom. The summed E-state index contributed by atoms with van der Waals surface area (Å²) in [7, 11) is 0. The summed E-state index contributed by atoms with van der Waals surface area (Å²) < 4.78 is 4.90. The van der Waals surface area contributed by atoms with E-state index in [-0.39, 0.29) is 6.10 Å². The minimum atomic E-state index is -0.847. The van der Waals surface area contributed by atoms with Crippen molar-refractivity contribution >= 4 is 11.9 Å². The van der Waals surface area contributed by atoms with Crippen molar-refractivity contribution < 1.29 is 24.5 Å². The Hall–Kier alpha value is -1.62. The van der Waals surface area contributed by atoms with Crippen LogP contribution >= 0.6 is 0 Å². The molecule has 1 saturated heterocycles. The van der Waals surface area contributed by atoms with Crippen molar-refractivity contribution in [3.05, 3.63) is 23.3 Å². The van der Waals surface area contributed by atoms with Gasteiger partial charge in [-0.25, -0.2) is 9.59 Å². The van der Waals surface area contributed by atoms with Crippen molar-refractivity contribution in [3.8, 4) is 0 Å². The Morgan fingerprint density at radius 2 is 1.71 bits per heavy atom. The summed E-state index contributed by atoms with van der Waals surface area (Å²) >= 11 is 0. The van der Waals surface area contributed by atoms with Gasteiger partial charge in [0.1, 0.15) is 0 Å². The molecule has 1 aliphatic rings. The topological polar surface area (TPSA) is 87.1 Å². The second-order valence-electron chi connectivity index (χ2n) is 3.66. The molecule has 0 aromatic rings. The van der Waals surface area contributed by atoms with Crippen molar-refractivity contribution in [2.24, 2.45) is 0 Å². The van der Waals surface area contributed by atoms with Gasteiger partial charge >= 0.3 is 11.9 Å². The maximum Gasteiger partial charge on any atom is 0.330 e. The second kappa shape index (κ2) is 7.62. The normalized spacial score (nSPS) is 19.1. The Kier molecular flexibility index (Phi) is 6.89. The fourth-order valence-electron chi connectivity index (χ4n) is 0.723. The van der Waals surface area contributed by atoms with Gasteiger partial charge in [0, 0.05) is 11.1 Å². The Morgan fingerprint density at radius 1 is 1.24 bits per heavy atom. The standard InChI is InChI=1S/C7H10O3.C5H8O2/c1-5(7(8)9)2-3-6-4-10-6;1-3-4(2)5(6)7/h2,6H,3-4H2,1H3,(H,8,9);3H,1-2H3,(H,6,7). The number of epoxide rings is 1. The number of allylic oxidation sites excluding steroid dienone is 1. The fourth-order valence-corrected chi connectivity index (χ4v) is 0.723. The van der Waals surface area contributed by atoms with Crippen LogP contribution in [0.5, 0.6) is 0 Å². The monoisotopic (exact) mass is 242 g/mol. The summed E-state index contributed by atoms with van der Waals surface area (Å²) in [5.74, 6) is -1.69. The minimum Gasteiger partial charge on any atom is -0.478 e. The van der Waals surface area contributed by atoms with E-state index in [1.54, 1.807) is 32.9 Å². The van der Waals surface area contributed by atoms with Crippen LogP contribution in [-0.4, -0.2) is 34.9 Å². The zero-order chi connectivity index (χ0) is 13.4. The van der Waals surface area contributed by atoms with Crippen molar-refractivity contribution in [3.63, 3.8) is 0 Å². The lowest BCUT2D eigenvalue weighted by Crippen LogP contribution is -1.96. The molecule has 1 rings (SSSR count). The first-order valence-electron chi connectivity index (χ1n) is 5.26. The molecule has 1 unspecified atom stereocenters. The minimum absolute atomic E-state index is 0.286. The highest BCUT2D eigenvalue weighted by Crippen LogP contribution is 2.14. The molecule has 17 heavy (non-hydrogen) atoms. The molecule has 2 N–H and O–H groups in total. The van der Waals surface area contributed by atoms with Gasteiger partial charge < -0.3 is 14.9 Å². The number of hydrogen-bond acceptors (Lipinski definition) is 3. The molecule has 1 fully saturated rings. The van der Waals surface area contributed by atoms with Crippen LogP contribution in [0.1, 0.15) is 27.2 Å². The molecule has 0 aromatic heterocycles. The van der Waals surface area contributed by atoms with Crippen LogP contribution in [0.15, 0.2) is 23.3 Å². The van der Waals surface area contributed by atoms with E-state index in [1.165, 1.54) is 0 Å². The van der Waals surface area contributed by atoms with Crippen LogP contribution in [0, 0.1) is 0 Å². The highest BCUT2D eigenvalue weighted by atomic mass is 16.6. The van der Waals surface area contributed by atoms with Crippen LogP contribution in [0.2, 0.25) is 0 Å². The number of rotatable bonds is 4. The molecule has 1 heterocycles. The van der Waals surface area contributed by atoms with Gasteiger partial charge in [-0.2, -0.15) is 0 Å². The van der Waals surface area contributed by atoms with E-state index >= 15 is 0 Å². The van der Waals surface area contributed by atoms with E-state index in [0.717, 1.165) is 13.0 Å². The zero-order valence-corrected chi connectivity index (χ0v) is 10.3. The molecule has 0 spiro atoms. The summed E-state index contributed by atoms with van der Waals surface area (Å²) in [6.07, 6.45) is 4.27. The van der Waals surface area contributed by atoms with E-state index in [1.807, 2.05) is 0 Å². The number of aliphatic carboxylic acids is 2. The predicted octanol–water partition coefficient (Wildman–Crippen LogP) is 1.84. The van der Waals surface area contributed by atoms with Crippen LogP contribution in [-0.2, 0) is 14.3 Å². The van der Waals surface area contributed by atoms with Crippen molar-refractivity contribution in [2.45, 2.75) is 33.3 Å². The summed E-state index contributed by atoms with van der Waals surface area (Å²) in [6.45, 7) is 5.62. The zero-order valence-electron chi connectivity index (χ0n) is 10.3. The van der Waals surface area contributed by atoms with Crippen LogP contribution in [0.25, 0.3) is 0 Å². The van der Waals surface area contributed by atoms with Gasteiger partial charge in [0.2, 0.25) is 0 Å². The van der Waals surface area contributed by atoms with Crippen LogP contribution < -0.4 is 0 Å². The molecule has 0 radical (unpaired) electrons. The highest BCUT2D eigenvalue weighted by molar-refractivity contribution is 5.86. The van der Waals surface area contributed by atoms with Gasteiger partial charge in [0.25, 0.3) is 0 Å². The first kappa shape index (κ1) is 15.4. The molecular weight excluding hydrogens is 224 g/mol. The highest BCUT2D eigenvalue weighted by Gasteiger charge is 2.20. The van der Waals surface area contributed by atoms with E-state index in [0.29, 0.717) is 11.1 Å². The Bertz CT molecular complexity index is 337. The van der Waals surface area contributed by atoms with Gasteiger partial charge in [-0.05, 0) is 27.2 Å². The molecule has 1 aliphatic heterocycles. The molecule has 0 aliphatic carbocycles. The largest absolute Gasteiger partial charge is 0.478 e. The van der Waals surface area contributed by atoms with Gasteiger partial charge in [0.15, 0.2) is 0 Å². The summed E-state index contributed by atoms with van der Waals surface area (Å²) in [6, 6.07) is 0. The van der Waals surface area contributed by atoms with E-state index in [4.69, 9.17) is 14.9 Å². The number of carboxylic acids is 2. The number of carbonyl (C=O) groups is 2. The Labute approximate surface area is 100 Å². The first-order valence-corrected chi connectivity index (χ1v) is 5.26. The lowest BCUT2D eigenvalue weighted by molar-refractivity contribution is -0.133. The van der Waals surface area contributed by atoms with Crippen LogP contribution in [0.3, 0.4) is 0 Å². The molecule has 0 amide bonds. The maximum atomic E-state index is 10.2. The molecule has 0 aromatic carbocycles. The first-order chi connectivity index (χ1) is 7.88. The summed E-state index contributed by atoms with van der Waals surface area (Å²) in [5, 5.41) is 16.5. The molecule has 5 nitrogen and oxygen atoms in total. The molecule has 1 atom stereocenters. The summed E-state index contributed by atoms with van der Waals surface area (Å²) in [4.78, 5) is 20.1. The number of carboxylic acid groups (broad SMARTS) is 2. The van der Waals surface area contributed by atoms with E-state index in [2.05, 4.69) is 0 Å². The van der Waals surface area contributed by atoms with Gasteiger partial charge in [-0.1, -0.05) is 12.2 Å². The van der Waals surface area contributed by atoms with Gasteiger partial charge in [-0.15, -0.1) is 0 Å². The fraction of sp³-hybridized carbons (Fsp3) is 0.500. The van der Waals surface area contributed by atoms with E-state index < -0.39 is 11.9 Å². The second-order valence-corrected chi connectivity index (χ2v) is 3.66. The van der Waals surface area contributed by atoms with Crippen molar-refractivity contribution in [1.29, 1.82) is 0 Å². The van der Waals surface area contributed by atoms with Crippen LogP contribution in [0.4, 0.5) is 0 Å². The molecule has 96 valence electrons. The third kappa shape index (κ3) is 8.21. The SMILES string of the molecule is CC(=CCC1CO1)C(=O)O.CC=C(C)C(=O)O. The molecule has 0 saturated carbocycles. The number of hydrogen-bond donors (Lipinski definition) is 2. The van der Waals surface area contributed by atoms with E-state index in [9.17, 15) is 9.59 Å². The Balaban J connectivity index is 0.000000325. The van der Waals surface area contributed by atoms with Crippen molar-refractivity contribution in [1.82, 2.24) is 0 Å². The quantitative estimate of drug-likeness (QED) is 0.580. The third-order valence-corrected chi connectivity index (χ3v) is 2.20. The predicted molar refractivity (Wildman–Crippen MR) is 62.8 cm³/mol. The molecular formula is C12H18O5. The van der Waals surface area contributed by atoms with Gasteiger partial charge in [0.05, 0.1) is 12.7 Å².